The van der Waals surface area contributed by atoms with Crippen molar-refractivity contribution in [2.75, 3.05) is 0 Å². The molecule has 0 aliphatic rings. The van der Waals surface area contributed by atoms with Crippen LogP contribution in [0.1, 0.15) is 61.0 Å². The number of halogens is 1. The molecule has 0 spiro atoms. The highest BCUT2D eigenvalue weighted by Gasteiger charge is 2.19. The lowest BCUT2D eigenvalue weighted by atomic mass is 9.81. The molecule has 0 fully saturated rings. The molecule has 0 saturated carbocycles. The SMILES string of the molecule is CC(C)(C)CCC(c1ccc(F)cc1)c1ccc(C(N)=O)cc1. The van der Waals surface area contributed by atoms with Crippen molar-refractivity contribution in [3.63, 3.8) is 0 Å². The lowest BCUT2D eigenvalue weighted by Gasteiger charge is -2.24. The van der Waals surface area contributed by atoms with Gasteiger partial charge in [0.2, 0.25) is 5.91 Å². The van der Waals surface area contributed by atoms with Crippen molar-refractivity contribution in [1.82, 2.24) is 0 Å². The Bertz CT molecular complexity index is 654. The summed E-state index contributed by atoms with van der Waals surface area (Å²) in [7, 11) is 0. The highest BCUT2D eigenvalue weighted by Crippen LogP contribution is 2.34. The third-order valence-corrected chi connectivity index (χ3v) is 4.05. The van der Waals surface area contributed by atoms with Crippen LogP contribution in [0.25, 0.3) is 0 Å². The summed E-state index contributed by atoms with van der Waals surface area (Å²) in [6.45, 7) is 6.64. The number of nitrogens with two attached hydrogens (primary N) is 1. The molecular formula is C20H24FNO. The molecule has 2 rings (SSSR count). The molecule has 0 bridgehead atoms. The van der Waals surface area contributed by atoms with Crippen LogP contribution >= 0.6 is 0 Å². The predicted molar refractivity (Wildman–Crippen MR) is 91.9 cm³/mol. The van der Waals surface area contributed by atoms with Gasteiger partial charge in [-0.25, -0.2) is 4.39 Å². The summed E-state index contributed by atoms with van der Waals surface area (Å²) in [5.41, 5.74) is 8.23. The summed E-state index contributed by atoms with van der Waals surface area (Å²) in [5.74, 6) is -0.478. The molecule has 1 amide bonds. The first-order chi connectivity index (χ1) is 10.8. The van der Waals surface area contributed by atoms with E-state index >= 15 is 0 Å². The van der Waals surface area contributed by atoms with Crippen molar-refractivity contribution in [2.24, 2.45) is 11.1 Å². The van der Waals surface area contributed by atoms with Gasteiger partial charge < -0.3 is 5.73 Å². The van der Waals surface area contributed by atoms with Crippen LogP contribution in [0.2, 0.25) is 0 Å². The number of hydrogen-bond donors (Lipinski definition) is 1. The first-order valence-corrected chi connectivity index (χ1v) is 7.91. The van der Waals surface area contributed by atoms with Crippen LogP contribution in [0.3, 0.4) is 0 Å². The summed E-state index contributed by atoms with van der Waals surface area (Å²) >= 11 is 0. The predicted octanol–water partition coefficient (Wildman–Crippen LogP) is 4.88. The van der Waals surface area contributed by atoms with Crippen LogP contribution in [0, 0.1) is 11.2 Å². The number of carbonyl (C=O) groups excluding carboxylic acids is 1. The van der Waals surface area contributed by atoms with Gasteiger partial charge in [-0.05, 0) is 53.6 Å². The van der Waals surface area contributed by atoms with E-state index in [2.05, 4.69) is 20.8 Å². The van der Waals surface area contributed by atoms with Gasteiger partial charge in [-0.1, -0.05) is 45.0 Å². The monoisotopic (exact) mass is 313 g/mol. The molecule has 2 aromatic rings. The minimum Gasteiger partial charge on any atom is -0.366 e. The molecular weight excluding hydrogens is 289 g/mol. The van der Waals surface area contributed by atoms with Gasteiger partial charge in [0.1, 0.15) is 5.82 Å². The molecule has 0 radical (unpaired) electrons. The van der Waals surface area contributed by atoms with Gasteiger partial charge in [-0.15, -0.1) is 0 Å². The number of carbonyl (C=O) groups is 1. The second-order valence-electron chi connectivity index (χ2n) is 7.19. The maximum atomic E-state index is 13.2. The minimum atomic E-state index is -0.426. The molecule has 2 nitrogen and oxygen atoms in total. The topological polar surface area (TPSA) is 43.1 Å². The van der Waals surface area contributed by atoms with Gasteiger partial charge in [0, 0.05) is 11.5 Å². The molecule has 0 aliphatic heterocycles. The van der Waals surface area contributed by atoms with Crippen molar-refractivity contribution in [3.8, 4) is 0 Å². The Labute approximate surface area is 137 Å². The summed E-state index contributed by atoms with van der Waals surface area (Å²) in [5, 5.41) is 0. The zero-order valence-corrected chi connectivity index (χ0v) is 14.0. The molecule has 23 heavy (non-hydrogen) atoms. The summed E-state index contributed by atoms with van der Waals surface area (Å²) in [6.07, 6.45) is 2.01. The van der Waals surface area contributed by atoms with Gasteiger partial charge in [-0.3, -0.25) is 4.79 Å². The van der Waals surface area contributed by atoms with Crippen molar-refractivity contribution >= 4 is 5.91 Å². The number of benzene rings is 2. The molecule has 3 heteroatoms. The van der Waals surface area contributed by atoms with E-state index in [-0.39, 0.29) is 17.2 Å². The highest BCUT2D eigenvalue weighted by molar-refractivity contribution is 5.92. The molecule has 2 aromatic carbocycles. The second kappa shape index (κ2) is 6.95. The lowest BCUT2D eigenvalue weighted by molar-refractivity contribution is 0.100. The van der Waals surface area contributed by atoms with Gasteiger partial charge in [0.05, 0.1) is 0 Å². The molecule has 0 saturated heterocycles. The molecule has 0 heterocycles. The van der Waals surface area contributed by atoms with Crippen molar-refractivity contribution in [2.45, 2.75) is 39.5 Å². The van der Waals surface area contributed by atoms with Crippen LogP contribution in [0.4, 0.5) is 4.39 Å². The highest BCUT2D eigenvalue weighted by atomic mass is 19.1. The smallest absolute Gasteiger partial charge is 0.248 e. The van der Waals surface area contributed by atoms with E-state index in [1.54, 1.807) is 12.1 Å². The van der Waals surface area contributed by atoms with Crippen LogP contribution < -0.4 is 5.73 Å². The van der Waals surface area contributed by atoms with Gasteiger partial charge in [0.25, 0.3) is 0 Å². The maximum Gasteiger partial charge on any atom is 0.248 e. The van der Waals surface area contributed by atoms with E-state index in [4.69, 9.17) is 5.73 Å². The lowest BCUT2D eigenvalue weighted by Crippen LogP contribution is -2.12. The number of rotatable bonds is 5. The van der Waals surface area contributed by atoms with Crippen molar-refractivity contribution in [3.05, 3.63) is 71.0 Å². The quantitative estimate of drug-likeness (QED) is 0.839. The number of amides is 1. The Morgan fingerprint density at radius 1 is 1.00 bits per heavy atom. The first-order valence-electron chi connectivity index (χ1n) is 7.91. The minimum absolute atomic E-state index is 0.178. The largest absolute Gasteiger partial charge is 0.366 e. The second-order valence-corrected chi connectivity index (χ2v) is 7.19. The average molecular weight is 313 g/mol. The fourth-order valence-electron chi connectivity index (χ4n) is 2.68. The van der Waals surface area contributed by atoms with Crippen molar-refractivity contribution in [1.29, 1.82) is 0 Å². The summed E-state index contributed by atoms with van der Waals surface area (Å²) < 4.78 is 13.2. The van der Waals surface area contributed by atoms with E-state index < -0.39 is 5.91 Å². The molecule has 0 aliphatic carbocycles. The normalized spacial score (nSPS) is 12.9. The molecule has 1 atom stereocenters. The van der Waals surface area contributed by atoms with E-state index in [1.165, 1.54) is 12.1 Å². The zero-order chi connectivity index (χ0) is 17.0. The molecule has 122 valence electrons. The molecule has 0 aromatic heterocycles. The van der Waals surface area contributed by atoms with Crippen LogP contribution in [-0.2, 0) is 0 Å². The number of primary amides is 1. The Balaban J connectivity index is 2.32. The maximum absolute atomic E-state index is 13.2. The summed E-state index contributed by atoms with van der Waals surface area (Å²) in [6, 6.07) is 14.1. The van der Waals surface area contributed by atoms with E-state index in [0.717, 1.165) is 24.0 Å². The van der Waals surface area contributed by atoms with Gasteiger partial charge in [-0.2, -0.15) is 0 Å². The summed E-state index contributed by atoms with van der Waals surface area (Å²) in [4.78, 5) is 11.2. The Hall–Kier alpha value is -2.16. The Morgan fingerprint density at radius 2 is 1.48 bits per heavy atom. The van der Waals surface area contributed by atoms with Crippen LogP contribution in [0.15, 0.2) is 48.5 Å². The van der Waals surface area contributed by atoms with E-state index in [1.807, 2.05) is 24.3 Å². The Morgan fingerprint density at radius 3 is 1.91 bits per heavy atom. The third kappa shape index (κ3) is 4.92. The van der Waals surface area contributed by atoms with Gasteiger partial charge >= 0.3 is 0 Å². The first kappa shape index (κ1) is 17.2. The van der Waals surface area contributed by atoms with E-state index in [9.17, 15) is 9.18 Å². The van der Waals surface area contributed by atoms with Gasteiger partial charge in [0.15, 0.2) is 0 Å². The number of hydrogen-bond acceptors (Lipinski definition) is 1. The van der Waals surface area contributed by atoms with E-state index in [0.29, 0.717) is 5.56 Å². The van der Waals surface area contributed by atoms with Crippen LogP contribution in [-0.4, -0.2) is 5.91 Å². The fraction of sp³-hybridized carbons (Fsp3) is 0.350. The molecule has 2 N–H and O–H groups in total. The average Bonchev–Trinajstić information content (AvgIpc) is 2.48. The molecule has 1 unspecified atom stereocenters. The van der Waals surface area contributed by atoms with Crippen molar-refractivity contribution < 1.29 is 9.18 Å². The zero-order valence-electron chi connectivity index (χ0n) is 14.0. The third-order valence-electron chi connectivity index (χ3n) is 4.05. The standard InChI is InChI=1S/C20H24FNO/c1-20(2,3)13-12-18(15-8-10-17(21)11-9-15)14-4-6-16(7-5-14)19(22)23/h4-11,18H,12-13H2,1-3H3,(H2,22,23). The van der Waals surface area contributed by atoms with Crippen LogP contribution in [0.5, 0.6) is 0 Å². The Kier molecular flexibility index (Phi) is 5.19. The fourth-order valence-corrected chi connectivity index (χ4v) is 2.68.